The predicted octanol–water partition coefficient (Wildman–Crippen LogP) is -4.27. The monoisotopic (exact) mass is 1440 g/mol. The van der Waals surface area contributed by atoms with Gasteiger partial charge >= 0.3 is 54.0 Å². The Morgan fingerprint density at radius 3 is 0.989 bits per heavy atom. The average Bonchev–Trinajstić information content (AvgIpc) is 1.57. The fourth-order valence-electron chi connectivity index (χ4n) is 6.97. The van der Waals surface area contributed by atoms with Crippen molar-refractivity contribution in [2.24, 2.45) is 0 Å². The molecule has 4 aliphatic heterocycles. The molecule has 16 atom stereocenters. The van der Waals surface area contributed by atoms with E-state index in [4.69, 9.17) is 64.3 Å². The van der Waals surface area contributed by atoms with Gasteiger partial charge < -0.3 is 98.9 Å². The van der Waals surface area contributed by atoms with E-state index in [2.05, 4.69) is 83.9 Å². The van der Waals surface area contributed by atoms with Crippen LogP contribution in [0.2, 0.25) is 0 Å². The van der Waals surface area contributed by atoms with Gasteiger partial charge in [-0.15, -0.1) is 0 Å². The van der Waals surface area contributed by atoms with E-state index in [1.807, 2.05) is 4.98 Å². The molecule has 8 heterocycles. The lowest BCUT2D eigenvalue weighted by atomic mass is 10.1. The fraction of sp³-hybridized carbons (Fsp3) is 0.556. The second-order valence-corrected chi connectivity index (χ2v) is 23.9. The number of nitrogens with zero attached hydrogens (tertiary/aromatic N) is 4. The van der Waals surface area contributed by atoms with Gasteiger partial charge in [-0.25, -0.2) is 55.0 Å². The molecule has 0 saturated carbocycles. The Hall–Kier alpha value is -3.92. The van der Waals surface area contributed by atoms with E-state index in [0.717, 1.165) is 41.5 Å². The minimum atomic E-state index is -5.60. The number of ether oxygens (including phenoxy) is 4. The van der Waals surface area contributed by atoms with Crippen LogP contribution in [0.4, 0.5) is 17.6 Å². The maximum Gasteiger partial charge on any atom is 0.469 e. The highest BCUT2D eigenvalue weighted by molar-refractivity contribution is 7.72. The van der Waals surface area contributed by atoms with Gasteiger partial charge in [-0.05, 0) is 24.3 Å². The maximum atomic E-state index is 14.9. The molecule has 0 amide bonds. The van der Waals surface area contributed by atoms with Gasteiger partial charge in [0.05, 0.1) is 8.22 Å². The lowest BCUT2D eigenvalue weighted by Gasteiger charge is -2.22. The van der Waals surface area contributed by atoms with Crippen molar-refractivity contribution in [3.05, 3.63) is 110 Å². The molecular weight excluding hydrogens is 1380 g/mol. The lowest BCUT2D eigenvalue weighted by Crippen LogP contribution is -2.42. The van der Waals surface area contributed by atoms with Gasteiger partial charge in [0, 0.05) is 24.8 Å². The van der Waals surface area contributed by atoms with Crippen LogP contribution in [0.15, 0.2) is 68.2 Å². The average molecular weight is 1440 g/mol. The van der Waals surface area contributed by atoms with Crippen LogP contribution in [0, 0.1) is 18.6 Å². The van der Waals surface area contributed by atoms with Crippen LogP contribution in [-0.2, 0) is 55.3 Å². The number of nitrogens with one attached hydrogen (secondary N) is 4. The molecule has 0 spiro atoms. The summed E-state index contributed by atoms with van der Waals surface area (Å²) >= 11 is 18.8. The van der Waals surface area contributed by atoms with Crippen molar-refractivity contribution < 1.29 is 161 Å². The number of hydrogen-bond acceptors (Lipinski definition) is 28. The van der Waals surface area contributed by atoms with E-state index in [-0.39, 0.29) is 23.1 Å². The number of aliphatic hydroxyl groups excluding tert-OH is 8. The summed E-state index contributed by atoms with van der Waals surface area (Å²) in [7, 11) is -21.2. The summed E-state index contributed by atoms with van der Waals surface area (Å²) in [5.41, 5.74) is -3.98. The second-order valence-electron chi connectivity index (χ2n) is 17.3. The first-order chi connectivity index (χ1) is 42.3. The minimum absolute atomic E-state index is 0.000713. The van der Waals surface area contributed by atoms with Crippen LogP contribution < -0.4 is 22.8 Å². The Bertz CT molecular complexity index is 4170. The van der Waals surface area contributed by atoms with Gasteiger partial charge in [-0.1, -0.05) is 48.9 Å². The molecule has 4 fully saturated rings. The van der Waals surface area contributed by atoms with Crippen molar-refractivity contribution in [3.63, 3.8) is 0 Å². The van der Waals surface area contributed by atoms with Gasteiger partial charge in [-0.3, -0.25) is 56.3 Å². The quantitative estimate of drug-likeness (QED) is 0.0287. The number of aliphatic hydroxyl groups is 8. The molecule has 0 aliphatic carbocycles. The van der Waals surface area contributed by atoms with Gasteiger partial charge in [-0.2, -0.15) is 0 Å². The molecule has 20 N–H and O–H groups in total. The number of phosphoric acid groups is 4. The number of halogens is 4. The number of phosphoric ester groups is 4. The van der Waals surface area contributed by atoms with E-state index < -0.39 is 177 Å². The second kappa shape index (κ2) is 28.5. The largest absolute Gasteiger partial charge is 0.469 e. The molecule has 52 heteroatoms. The topological polar surface area (TPSA) is 617 Å². The molecule has 0 unspecified atom stereocenters. The SMILES string of the molecule is O=c1[nH]c(=S)ccn1[C@@H]1O[C@](F)(COP(=O)(O)O)[C@@H](O)[C@H]1O.[2H]C([2H])(OP(=O)(O)O)[C@@]1(F)O[C@@H](n2ccc(=S)[nH]c2=O)[C@H](O)[C@@H]1O.[2H]C([2H])(OP(=O)(O)O)[C@@]1(F)O[C@@]([2H])(n2ccc(=S)[nH]c2=O)[C@H](O)[C@@H]1O.[2H][C@@]1(n2ccc(=S)[nH]c2=O)O[C@](F)(COP(=O)(O)O)[C@@H](O)[C@H]1O. The Kier molecular flexibility index (Phi) is 21.3. The number of alkyl halides is 4. The number of hydrogen-bond donors (Lipinski definition) is 20. The summed E-state index contributed by atoms with van der Waals surface area (Å²) in [6, 6.07) is 4.66. The minimum Gasteiger partial charge on any atom is -0.385 e. The molecule has 40 nitrogen and oxygen atoms in total. The summed E-state index contributed by atoms with van der Waals surface area (Å²) in [6.07, 6.45) is -24.6. The standard InChI is InChI=1S/4C9H12FN2O8PS/c4*10-9(3-19-21(16,17)18)6(14)5(13)7(20-9)12-2-1-4(22)11-8(12)15/h4*1-2,5-7,13-14H,3H2,(H,11,15,22)(H2,16,17,18)/t4*5-,6+,7-,9-/m1111/s1/i3D2,7D;7D;3D2;. The molecule has 0 radical (unpaired) electrons. The summed E-state index contributed by atoms with van der Waals surface area (Å²) in [6.45, 7) is -10.7. The Morgan fingerprint density at radius 2 is 0.682 bits per heavy atom. The van der Waals surface area contributed by atoms with E-state index in [1.54, 1.807) is 0 Å². The Labute approximate surface area is 510 Å². The van der Waals surface area contributed by atoms with Gasteiger partial charge in [0.2, 0.25) is 0 Å². The summed E-state index contributed by atoms with van der Waals surface area (Å²) in [5.74, 6) is -14.4. The lowest BCUT2D eigenvalue weighted by molar-refractivity contribution is -0.205. The van der Waals surface area contributed by atoms with Crippen LogP contribution in [0.5, 0.6) is 0 Å². The summed E-state index contributed by atoms with van der Waals surface area (Å²) in [4.78, 5) is 124. The fourth-order valence-corrected chi connectivity index (χ4v) is 8.74. The van der Waals surface area contributed by atoms with Gasteiger partial charge in [0.1, 0.15) is 93.7 Å². The van der Waals surface area contributed by atoms with E-state index in [9.17, 15) is 95.9 Å². The third-order valence-corrected chi connectivity index (χ3v) is 13.5. The molecule has 4 aliphatic rings. The smallest absolute Gasteiger partial charge is 0.385 e. The molecule has 0 bridgehead atoms. The molecule has 88 heavy (non-hydrogen) atoms. The summed E-state index contributed by atoms with van der Waals surface area (Å²) < 4.78 is 182. The molecule has 0 aromatic carbocycles. The molecule has 4 aromatic heterocycles. The number of H-pyrrole nitrogens is 4. The molecule has 4 saturated heterocycles. The maximum absolute atomic E-state index is 14.9. The Balaban J connectivity index is 0.000000227. The first kappa shape index (κ1) is 65.6. The highest BCUT2D eigenvalue weighted by Crippen LogP contribution is 2.47. The van der Waals surface area contributed by atoms with Crippen molar-refractivity contribution in [2.75, 3.05) is 26.3 Å². The molecule has 4 aromatic rings. The molecule has 8 rings (SSSR count). The Morgan fingerprint density at radius 1 is 0.443 bits per heavy atom. The van der Waals surface area contributed by atoms with Crippen LogP contribution in [0.1, 0.15) is 33.1 Å². The molecule has 496 valence electrons. The molecular formula is C36H48F4N8O32P4S4. The predicted molar refractivity (Wildman–Crippen MR) is 279 cm³/mol. The highest BCUT2D eigenvalue weighted by atomic mass is 32.1. The zero-order valence-corrected chi connectivity index (χ0v) is 49.1. The normalized spacial score (nSPS) is 35.3. The number of aromatic amines is 4. The third-order valence-electron chi connectivity index (χ3n) is 11.0. The van der Waals surface area contributed by atoms with E-state index >= 15 is 0 Å². The van der Waals surface area contributed by atoms with Gasteiger partial charge in [0.25, 0.3) is 23.4 Å². The van der Waals surface area contributed by atoms with Crippen molar-refractivity contribution in [2.45, 2.75) is 97.1 Å². The van der Waals surface area contributed by atoms with Crippen molar-refractivity contribution >= 4 is 80.2 Å². The first-order valence-electron chi connectivity index (χ1n) is 25.5. The highest BCUT2D eigenvalue weighted by Gasteiger charge is 2.60. The zero-order valence-electron chi connectivity index (χ0n) is 48.2. The van der Waals surface area contributed by atoms with Crippen molar-refractivity contribution in [3.8, 4) is 0 Å². The third kappa shape index (κ3) is 19.1. The van der Waals surface area contributed by atoms with Gasteiger partial charge in [0.15, 0.2) is 24.9 Å². The van der Waals surface area contributed by atoms with Crippen molar-refractivity contribution in [1.29, 1.82) is 0 Å². The zero-order chi connectivity index (χ0) is 72.3. The number of aromatic nitrogens is 8. The van der Waals surface area contributed by atoms with Crippen LogP contribution >= 0.6 is 80.2 Å². The van der Waals surface area contributed by atoms with Crippen LogP contribution in [0.25, 0.3) is 0 Å². The van der Waals surface area contributed by atoms with E-state index in [1.165, 1.54) is 12.1 Å². The number of rotatable bonds is 16. The van der Waals surface area contributed by atoms with E-state index in [0.29, 0.717) is 9.13 Å². The van der Waals surface area contributed by atoms with Crippen LogP contribution in [0.3, 0.4) is 0 Å². The van der Waals surface area contributed by atoms with Crippen molar-refractivity contribution in [1.82, 2.24) is 38.2 Å². The summed E-state index contributed by atoms with van der Waals surface area (Å²) in [5, 5.41) is 78.4. The first-order valence-corrected chi connectivity index (χ1v) is 30.3. The van der Waals surface area contributed by atoms with Crippen LogP contribution in [-0.4, -0.2) is 217 Å².